The molecule has 0 radical (unpaired) electrons. The van der Waals surface area contributed by atoms with Gasteiger partial charge in [0.2, 0.25) is 23.6 Å². The summed E-state index contributed by atoms with van der Waals surface area (Å²) >= 11 is 0. The minimum Gasteiger partial charge on any atom is -0.368 e. The lowest BCUT2D eigenvalue weighted by molar-refractivity contribution is -0.140. The predicted octanol–water partition coefficient (Wildman–Crippen LogP) is -1.81. The van der Waals surface area contributed by atoms with Crippen molar-refractivity contribution in [1.82, 2.24) is 25.5 Å². The van der Waals surface area contributed by atoms with Crippen molar-refractivity contribution in [3.63, 3.8) is 0 Å². The van der Waals surface area contributed by atoms with Crippen molar-refractivity contribution in [2.75, 3.05) is 6.54 Å². The summed E-state index contributed by atoms with van der Waals surface area (Å²) in [6.07, 6.45) is 5.13. The lowest BCUT2D eigenvalue weighted by Gasteiger charge is -2.28. The van der Waals surface area contributed by atoms with Crippen molar-refractivity contribution in [3.05, 3.63) is 18.2 Å². The minimum absolute atomic E-state index is 0.185. The molecule has 3 rings (SSSR count). The Bertz CT molecular complexity index is 704. The SMILES string of the molecule is NC(=O)[C@@H]1CCCN1C(=O)[C@@H](Cc1cnc[nH]1)NC(=O)[C@H]1CCC(=O)N1. The van der Waals surface area contributed by atoms with Gasteiger partial charge in [0.1, 0.15) is 18.1 Å². The predicted molar refractivity (Wildman–Crippen MR) is 89.3 cm³/mol. The van der Waals surface area contributed by atoms with Crippen LogP contribution in [0.2, 0.25) is 0 Å². The number of imidazole rings is 1. The summed E-state index contributed by atoms with van der Waals surface area (Å²) in [7, 11) is 0. The first-order valence-corrected chi connectivity index (χ1v) is 8.62. The highest BCUT2D eigenvalue weighted by atomic mass is 16.2. The number of likely N-dealkylation sites (tertiary alicyclic amines) is 1. The molecule has 0 bridgehead atoms. The number of hydrogen-bond acceptors (Lipinski definition) is 5. The van der Waals surface area contributed by atoms with Gasteiger partial charge in [-0.1, -0.05) is 0 Å². The molecule has 1 aromatic rings. The largest absolute Gasteiger partial charge is 0.368 e. The number of rotatable bonds is 6. The van der Waals surface area contributed by atoms with Gasteiger partial charge in [0.25, 0.3) is 0 Å². The van der Waals surface area contributed by atoms with Crippen LogP contribution in [0.3, 0.4) is 0 Å². The van der Waals surface area contributed by atoms with E-state index in [2.05, 4.69) is 20.6 Å². The van der Waals surface area contributed by atoms with Gasteiger partial charge in [-0.05, 0) is 19.3 Å². The van der Waals surface area contributed by atoms with Crippen molar-refractivity contribution in [3.8, 4) is 0 Å². The van der Waals surface area contributed by atoms with Crippen molar-refractivity contribution in [1.29, 1.82) is 0 Å². The van der Waals surface area contributed by atoms with Crippen molar-refractivity contribution in [2.24, 2.45) is 5.73 Å². The number of carbonyl (C=O) groups excluding carboxylic acids is 4. The van der Waals surface area contributed by atoms with Gasteiger partial charge >= 0.3 is 0 Å². The highest BCUT2D eigenvalue weighted by molar-refractivity contribution is 5.95. The number of hydrogen-bond donors (Lipinski definition) is 4. The molecule has 2 fully saturated rings. The average Bonchev–Trinajstić information content (AvgIpc) is 3.34. The summed E-state index contributed by atoms with van der Waals surface area (Å²) in [6.45, 7) is 0.419. The summed E-state index contributed by atoms with van der Waals surface area (Å²) in [5, 5.41) is 5.29. The van der Waals surface area contributed by atoms with Crippen molar-refractivity contribution >= 4 is 23.6 Å². The number of nitrogens with one attached hydrogen (secondary N) is 3. The second-order valence-corrected chi connectivity index (χ2v) is 6.59. The molecule has 5 N–H and O–H groups in total. The van der Waals surface area contributed by atoms with E-state index in [0.717, 1.165) is 0 Å². The fraction of sp³-hybridized carbons (Fsp3) is 0.562. The Hall–Kier alpha value is -2.91. The second-order valence-electron chi connectivity index (χ2n) is 6.59. The van der Waals surface area contributed by atoms with Crippen LogP contribution in [0.15, 0.2) is 12.5 Å². The molecule has 0 aliphatic carbocycles. The lowest BCUT2D eigenvalue weighted by atomic mass is 10.1. The monoisotopic (exact) mass is 362 g/mol. The zero-order valence-electron chi connectivity index (χ0n) is 14.2. The topological polar surface area (TPSA) is 150 Å². The molecule has 1 aromatic heterocycles. The van der Waals surface area contributed by atoms with Gasteiger partial charge in [-0.15, -0.1) is 0 Å². The first-order chi connectivity index (χ1) is 12.5. The molecule has 0 spiro atoms. The quantitative estimate of drug-likeness (QED) is 0.470. The number of H-pyrrole nitrogens is 1. The summed E-state index contributed by atoms with van der Waals surface area (Å²) in [4.78, 5) is 56.6. The van der Waals surface area contributed by atoms with Crippen LogP contribution in [-0.2, 0) is 25.6 Å². The van der Waals surface area contributed by atoms with Gasteiger partial charge in [-0.2, -0.15) is 0 Å². The van der Waals surface area contributed by atoms with E-state index in [-0.39, 0.29) is 24.7 Å². The first-order valence-electron chi connectivity index (χ1n) is 8.62. The molecule has 0 aromatic carbocycles. The molecule has 140 valence electrons. The fourth-order valence-corrected chi connectivity index (χ4v) is 3.43. The Morgan fingerprint density at radius 1 is 1.38 bits per heavy atom. The second kappa shape index (κ2) is 7.54. The third kappa shape index (κ3) is 3.84. The average molecular weight is 362 g/mol. The number of primary amides is 1. The molecule has 26 heavy (non-hydrogen) atoms. The van der Waals surface area contributed by atoms with Gasteiger partial charge in [0, 0.05) is 31.3 Å². The zero-order chi connectivity index (χ0) is 18.7. The molecule has 2 aliphatic heterocycles. The van der Waals surface area contributed by atoms with E-state index in [1.54, 1.807) is 6.20 Å². The standard InChI is InChI=1S/C16H22N6O4/c17-14(24)12-2-1-5-22(12)16(26)11(6-9-7-18-8-19-9)21-15(25)10-3-4-13(23)20-10/h7-8,10-12H,1-6H2,(H2,17,24)(H,18,19)(H,20,23)(H,21,25)/t10-,11-,12+/m1/s1. The Morgan fingerprint density at radius 3 is 2.81 bits per heavy atom. The number of nitrogens with zero attached hydrogens (tertiary/aromatic N) is 2. The van der Waals surface area contributed by atoms with Gasteiger partial charge < -0.3 is 26.3 Å². The minimum atomic E-state index is -0.875. The molecular weight excluding hydrogens is 340 g/mol. The molecule has 10 heteroatoms. The molecule has 10 nitrogen and oxygen atoms in total. The van der Waals surface area contributed by atoms with Crippen LogP contribution in [0.5, 0.6) is 0 Å². The lowest BCUT2D eigenvalue weighted by Crippen LogP contribution is -2.56. The summed E-state index contributed by atoms with van der Waals surface area (Å²) in [6, 6.07) is -2.18. The molecule has 0 unspecified atom stereocenters. The molecular formula is C16H22N6O4. The van der Waals surface area contributed by atoms with E-state index in [9.17, 15) is 19.2 Å². The van der Waals surface area contributed by atoms with Crippen LogP contribution in [0, 0.1) is 0 Å². The van der Waals surface area contributed by atoms with Crippen molar-refractivity contribution in [2.45, 2.75) is 50.2 Å². The summed E-state index contributed by atoms with van der Waals surface area (Å²) < 4.78 is 0. The van der Waals surface area contributed by atoms with Crippen LogP contribution in [0.4, 0.5) is 0 Å². The molecule has 3 atom stereocenters. The van der Waals surface area contributed by atoms with E-state index in [1.807, 2.05) is 0 Å². The fourth-order valence-electron chi connectivity index (χ4n) is 3.43. The molecule has 2 saturated heterocycles. The zero-order valence-corrected chi connectivity index (χ0v) is 14.2. The molecule has 2 aliphatic rings. The van der Waals surface area contributed by atoms with E-state index in [0.29, 0.717) is 31.5 Å². The number of carbonyl (C=O) groups is 4. The third-order valence-corrected chi connectivity index (χ3v) is 4.77. The van der Waals surface area contributed by atoms with Crippen LogP contribution < -0.4 is 16.4 Å². The maximum absolute atomic E-state index is 13.0. The van der Waals surface area contributed by atoms with Gasteiger partial charge in [-0.25, -0.2) is 4.98 Å². The molecule has 3 heterocycles. The maximum Gasteiger partial charge on any atom is 0.246 e. The molecule has 0 saturated carbocycles. The number of amides is 4. The Morgan fingerprint density at radius 2 is 2.19 bits per heavy atom. The Kier molecular flexibility index (Phi) is 5.19. The first kappa shape index (κ1) is 17.9. The summed E-state index contributed by atoms with van der Waals surface area (Å²) in [5.74, 6) is -1.51. The number of nitrogens with two attached hydrogens (primary N) is 1. The highest BCUT2D eigenvalue weighted by Crippen LogP contribution is 2.19. The van der Waals surface area contributed by atoms with Crippen LogP contribution in [0.1, 0.15) is 31.4 Å². The Labute approximate surface area is 149 Å². The van der Waals surface area contributed by atoms with E-state index in [1.165, 1.54) is 11.2 Å². The van der Waals surface area contributed by atoms with E-state index < -0.39 is 29.9 Å². The number of aromatic amines is 1. The van der Waals surface area contributed by atoms with Crippen LogP contribution >= 0.6 is 0 Å². The summed E-state index contributed by atoms with van der Waals surface area (Å²) in [5.41, 5.74) is 6.07. The number of aromatic nitrogens is 2. The van der Waals surface area contributed by atoms with E-state index in [4.69, 9.17) is 5.73 Å². The maximum atomic E-state index is 13.0. The van der Waals surface area contributed by atoms with Crippen molar-refractivity contribution < 1.29 is 19.2 Å². The highest BCUT2D eigenvalue weighted by Gasteiger charge is 2.38. The third-order valence-electron chi connectivity index (χ3n) is 4.77. The van der Waals surface area contributed by atoms with Crippen LogP contribution in [-0.4, -0.2) is 63.2 Å². The van der Waals surface area contributed by atoms with Crippen LogP contribution in [0.25, 0.3) is 0 Å². The molecule has 4 amide bonds. The van der Waals surface area contributed by atoms with Gasteiger partial charge in [-0.3, -0.25) is 19.2 Å². The normalized spacial score (nSPS) is 23.5. The van der Waals surface area contributed by atoms with Gasteiger partial charge in [0.05, 0.1) is 6.33 Å². The van der Waals surface area contributed by atoms with Gasteiger partial charge in [0.15, 0.2) is 0 Å². The Balaban J connectivity index is 1.74. The smallest absolute Gasteiger partial charge is 0.246 e. The van der Waals surface area contributed by atoms with E-state index >= 15 is 0 Å².